The molecule has 1 atom stereocenters. The standard InChI is InChI=1S/C50H51F2N11O6/c1-30-3-9-35(24-37(30)50(68)62(29-64)41-12-14-43(65)57-49(41)67)60-21-19-59(20-22-60)27-32-15-17-61(18-16-32)40-11-10-36(25-39(40)52)63-47-44(46(53)55-28-56-47)45(58-63)33-6-4-31(5-7-33)26-54-48(66)38-23-34(51)8-13-42(38)69-2/h3-11,13,23-25,28-29,32,41H,12,14-22,26-27H2,1-2H3,(H,54,66)(H2,53,55,56)(H,57,65,67). The summed E-state index contributed by atoms with van der Waals surface area (Å²) in [5.41, 5.74) is 11.7. The van der Waals surface area contributed by atoms with Gasteiger partial charge >= 0.3 is 0 Å². The van der Waals surface area contributed by atoms with Crippen LogP contribution in [0.15, 0.2) is 85.2 Å². The molecule has 6 aromatic rings. The highest BCUT2D eigenvalue weighted by atomic mass is 19.1. The number of hydrogen-bond acceptors (Lipinski definition) is 13. The second-order valence-electron chi connectivity index (χ2n) is 17.6. The van der Waals surface area contributed by atoms with Gasteiger partial charge < -0.3 is 25.6 Å². The van der Waals surface area contributed by atoms with E-state index in [1.165, 1.54) is 31.6 Å². The number of methoxy groups -OCH3 is 1. The highest BCUT2D eigenvalue weighted by Crippen LogP contribution is 2.34. The van der Waals surface area contributed by atoms with Crippen LogP contribution in [0.2, 0.25) is 0 Å². The van der Waals surface area contributed by atoms with Gasteiger partial charge in [-0.05, 0) is 85.7 Å². The van der Waals surface area contributed by atoms with Crippen molar-refractivity contribution in [2.24, 2.45) is 5.92 Å². The van der Waals surface area contributed by atoms with Crippen molar-refractivity contribution in [1.29, 1.82) is 0 Å². The normalized spacial score (nSPS) is 16.9. The zero-order valence-electron chi connectivity index (χ0n) is 38.2. The Hall–Kier alpha value is -7.80. The van der Waals surface area contributed by atoms with Gasteiger partial charge in [0, 0.05) is 81.7 Å². The van der Waals surface area contributed by atoms with Gasteiger partial charge in [0.25, 0.3) is 11.8 Å². The van der Waals surface area contributed by atoms with E-state index >= 15 is 4.39 Å². The number of piperazine rings is 1. The van der Waals surface area contributed by atoms with Crippen molar-refractivity contribution in [3.8, 4) is 22.7 Å². The number of amides is 5. The number of piperidine rings is 2. The largest absolute Gasteiger partial charge is 0.496 e. The van der Waals surface area contributed by atoms with Crippen LogP contribution in [0.25, 0.3) is 28.0 Å². The Morgan fingerprint density at radius 3 is 2.35 bits per heavy atom. The van der Waals surface area contributed by atoms with Gasteiger partial charge in [0.2, 0.25) is 18.2 Å². The lowest BCUT2D eigenvalue weighted by molar-refractivity contribution is -0.139. The first kappa shape index (κ1) is 46.3. The van der Waals surface area contributed by atoms with E-state index in [-0.39, 0.29) is 42.3 Å². The molecule has 2 aromatic heterocycles. The van der Waals surface area contributed by atoms with Crippen LogP contribution in [-0.4, -0.2) is 119 Å². The van der Waals surface area contributed by atoms with Crippen LogP contribution in [0, 0.1) is 24.5 Å². The van der Waals surface area contributed by atoms with Crippen LogP contribution in [0.3, 0.4) is 0 Å². The lowest BCUT2D eigenvalue weighted by Gasteiger charge is -2.40. The number of nitrogens with one attached hydrogen (secondary N) is 2. The molecule has 356 valence electrons. The second-order valence-corrected chi connectivity index (χ2v) is 17.6. The number of carbonyl (C=O) groups is 5. The molecule has 0 saturated carbocycles. The quantitative estimate of drug-likeness (QED) is 0.103. The zero-order valence-corrected chi connectivity index (χ0v) is 38.2. The topological polar surface area (TPSA) is 201 Å². The number of nitrogens with two attached hydrogens (primary N) is 1. The molecule has 3 aliphatic rings. The summed E-state index contributed by atoms with van der Waals surface area (Å²) in [4.78, 5) is 78.9. The van der Waals surface area contributed by atoms with Crippen LogP contribution in [0.4, 0.5) is 26.0 Å². The fourth-order valence-corrected chi connectivity index (χ4v) is 9.45. The van der Waals surface area contributed by atoms with E-state index in [0.717, 1.165) is 67.8 Å². The average molecular weight is 940 g/mol. The molecule has 69 heavy (non-hydrogen) atoms. The van der Waals surface area contributed by atoms with Crippen LogP contribution >= 0.6 is 0 Å². The monoisotopic (exact) mass is 939 g/mol. The van der Waals surface area contributed by atoms with Crippen molar-refractivity contribution in [3.63, 3.8) is 0 Å². The SMILES string of the molecule is COc1ccc(F)cc1C(=O)NCc1ccc(-c2nn(-c3ccc(N4CCC(CN5CCN(c6ccc(C)c(C(=O)N(C=O)C7CCC(=O)NC7=O)c6)CC5)CC4)c(F)c3)c3ncnc(N)c23)cc1. The maximum Gasteiger partial charge on any atom is 0.261 e. The summed E-state index contributed by atoms with van der Waals surface area (Å²) in [6.45, 7) is 7.43. The third kappa shape index (κ3) is 9.67. The minimum absolute atomic E-state index is 0.0525. The lowest BCUT2D eigenvalue weighted by atomic mass is 9.95. The number of hydrogen-bond donors (Lipinski definition) is 3. The summed E-state index contributed by atoms with van der Waals surface area (Å²) in [7, 11) is 1.41. The first-order chi connectivity index (χ1) is 33.4. The van der Waals surface area contributed by atoms with E-state index in [1.54, 1.807) is 23.7 Å². The Kier molecular flexibility index (Phi) is 13.3. The second kappa shape index (κ2) is 19.8. The Morgan fingerprint density at radius 2 is 1.64 bits per heavy atom. The fraction of sp³-hybridized carbons (Fsp3) is 0.320. The van der Waals surface area contributed by atoms with E-state index in [4.69, 9.17) is 15.6 Å². The number of aryl methyl sites for hydroxylation is 1. The maximum absolute atomic E-state index is 16.1. The Bertz CT molecular complexity index is 2950. The molecule has 3 aliphatic heterocycles. The molecule has 4 N–H and O–H groups in total. The van der Waals surface area contributed by atoms with Gasteiger partial charge in [0.1, 0.15) is 41.3 Å². The highest BCUT2D eigenvalue weighted by molar-refractivity contribution is 6.08. The number of aromatic nitrogens is 4. The van der Waals surface area contributed by atoms with Crippen molar-refractivity contribution in [3.05, 3.63) is 119 Å². The number of nitrogens with zero attached hydrogens (tertiary/aromatic N) is 8. The zero-order chi connectivity index (χ0) is 48.3. The first-order valence-electron chi connectivity index (χ1n) is 22.8. The number of carbonyl (C=O) groups excluding carboxylic acids is 5. The van der Waals surface area contributed by atoms with Crippen LogP contribution in [0.1, 0.15) is 57.5 Å². The van der Waals surface area contributed by atoms with Gasteiger partial charge in [-0.3, -0.25) is 39.1 Å². The van der Waals surface area contributed by atoms with Gasteiger partial charge in [0.15, 0.2) is 5.65 Å². The minimum Gasteiger partial charge on any atom is -0.496 e. The van der Waals surface area contributed by atoms with Gasteiger partial charge in [-0.15, -0.1) is 0 Å². The molecule has 1 unspecified atom stereocenters. The van der Waals surface area contributed by atoms with Crippen LogP contribution in [0.5, 0.6) is 5.75 Å². The molecule has 3 fully saturated rings. The molecule has 5 heterocycles. The number of benzene rings is 4. The smallest absolute Gasteiger partial charge is 0.261 e. The Morgan fingerprint density at radius 1 is 0.884 bits per heavy atom. The minimum atomic E-state index is -1.04. The molecular formula is C50H51F2N11O6. The number of fused-ring (bicyclic) bond motifs is 1. The number of nitrogen functional groups attached to an aromatic ring is 1. The van der Waals surface area contributed by atoms with Gasteiger partial charge in [-0.2, -0.15) is 5.10 Å². The van der Waals surface area contributed by atoms with Crippen LogP contribution < -0.4 is 30.9 Å². The highest BCUT2D eigenvalue weighted by Gasteiger charge is 2.36. The van der Waals surface area contributed by atoms with Crippen LogP contribution in [-0.2, 0) is 20.9 Å². The van der Waals surface area contributed by atoms with Crippen molar-refractivity contribution >= 4 is 58.3 Å². The first-order valence-corrected chi connectivity index (χ1v) is 22.8. The number of ether oxygens (including phenoxy) is 1. The van der Waals surface area contributed by atoms with E-state index in [0.29, 0.717) is 70.2 Å². The molecule has 3 saturated heterocycles. The molecule has 0 aliphatic carbocycles. The fourth-order valence-electron chi connectivity index (χ4n) is 9.45. The molecule has 0 radical (unpaired) electrons. The van der Waals surface area contributed by atoms with Gasteiger partial charge in [-0.25, -0.2) is 23.4 Å². The molecular weight excluding hydrogens is 889 g/mol. The summed E-state index contributed by atoms with van der Waals surface area (Å²) in [5, 5.41) is 10.4. The molecule has 9 rings (SSSR count). The van der Waals surface area contributed by atoms with E-state index in [1.807, 2.05) is 42.5 Å². The number of imide groups is 2. The Labute approximate surface area is 396 Å². The molecule has 19 heteroatoms. The summed E-state index contributed by atoms with van der Waals surface area (Å²) in [6, 6.07) is 20.7. The maximum atomic E-state index is 16.1. The van der Waals surface area contributed by atoms with E-state index in [9.17, 15) is 28.4 Å². The molecule has 17 nitrogen and oxygen atoms in total. The lowest BCUT2D eigenvalue weighted by Crippen LogP contribution is -2.54. The van der Waals surface area contributed by atoms with Crippen molar-refractivity contribution in [2.75, 3.05) is 68.5 Å². The summed E-state index contributed by atoms with van der Waals surface area (Å²) in [6.07, 6.45) is 3.66. The summed E-state index contributed by atoms with van der Waals surface area (Å²) in [5.74, 6) is -2.14. The van der Waals surface area contributed by atoms with E-state index < -0.39 is 35.5 Å². The predicted molar refractivity (Wildman–Crippen MR) is 254 cm³/mol. The van der Waals surface area contributed by atoms with E-state index in [2.05, 4.69) is 35.3 Å². The van der Waals surface area contributed by atoms with Gasteiger partial charge in [-0.1, -0.05) is 30.3 Å². The Balaban J connectivity index is 0.799. The van der Waals surface area contributed by atoms with Crippen molar-refractivity contribution in [1.82, 2.24) is 40.2 Å². The summed E-state index contributed by atoms with van der Waals surface area (Å²) >= 11 is 0. The van der Waals surface area contributed by atoms with Crippen molar-refractivity contribution in [2.45, 2.75) is 45.2 Å². The number of rotatable bonds is 13. The molecule has 0 spiro atoms. The number of anilines is 3. The molecule has 5 amide bonds. The van der Waals surface area contributed by atoms with Gasteiger partial charge in [0.05, 0.1) is 29.4 Å². The number of halogens is 2. The van der Waals surface area contributed by atoms with Crippen molar-refractivity contribution < 1.29 is 37.5 Å². The molecule has 4 aromatic carbocycles. The third-order valence-corrected chi connectivity index (χ3v) is 13.3. The molecule has 0 bridgehead atoms. The average Bonchev–Trinajstić information content (AvgIpc) is 3.76. The predicted octanol–water partition coefficient (Wildman–Crippen LogP) is 5.03. The third-order valence-electron chi connectivity index (χ3n) is 13.3. The summed E-state index contributed by atoms with van der Waals surface area (Å²) < 4.78 is 36.8.